The van der Waals surface area contributed by atoms with Crippen molar-refractivity contribution in [3.63, 3.8) is 0 Å². The van der Waals surface area contributed by atoms with Crippen molar-refractivity contribution in [2.24, 2.45) is 0 Å². The largest absolute Gasteiger partial charge is 0.496 e. The summed E-state index contributed by atoms with van der Waals surface area (Å²) in [6.45, 7) is 0. The predicted octanol–water partition coefficient (Wildman–Crippen LogP) is 1.79. The number of carboxylic acids is 1. The van der Waals surface area contributed by atoms with E-state index in [1.54, 1.807) is 0 Å². The number of carbonyl (C=O) groups excluding carboxylic acids is 1. The molecule has 0 aliphatic carbocycles. The van der Waals surface area contributed by atoms with Crippen LogP contribution in [0.5, 0.6) is 5.75 Å². The minimum atomic E-state index is -1.03. The molecule has 1 N–H and O–H groups in total. The van der Waals surface area contributed by atoms with Crippen LogP contribution in [0.4, 0.5) is 0 Å². The van der Waals surface area contributed by atoms with Crippen molar-refractivity contribution in [3.05, 3.63) is 28.3 Å². The van der Waals surface area contributed by atoms with Crippen LogP contribution in [0.25, 0.3) is 0 Å². The van der Waals surface area contributed by atoms with E-state index in [0.717, 1.165) is 0 Å². The van der Waals surface area contributed by atoms with Gasteiger partial charge in [-0.1, -0.05) is 11.6 Å². The fourth-order valence-electron chi connectivity index (χ4n) is 1.22. The number of hydrogen-bond acceptors (Lipinski definition) is 3. The third-order valence-electron chi connectivity index (χ3n) is 1.90. The molecule has 0 radical (unpaired) electrons. The summed E-state index contributed by atoms with van der Waals surface area (Å²) in [5, 5.41) is 8.80. The first-order valence-electron chi connectivity index (χ1n) is 4.12. The average molecular weight is 229 g/mol. The van der Waals surface area contributed by atoms with Gasteiger partial charge in [0.2, 0.25) is 0 Å². The van der Waals surface area contributed by atoms with Crippen molar-refractivity contribution < 1.29 is 19.4 Å². The molecule has 1 aromatic rings. The summed E-state index contributed by atoms with van der Waals surface area (Å²) < 4.78 is 4.96. The number of carbonyl (C=O) groups is 2. The first-order valence-corrected chi connectivity index (χ1v) is 4.50. The van der Waals surface area contributed by atoms with Gasteiger partial charge in [-0.2, -0.15) is 0 Å². The van der Waals surface area contributed by atoms with E-state index in [2.05, 4.69) is 0 Å². The molecule has 1 rings (SSSR count). The van der Waals surface area contributed by atoms with E-state index in [4.69, 9.17) is 21.4 Å². The Labute approximate surface area is 91.4 Å². The molecule has 0 aliphatic heterocycles. The van der Waals surface area contributed by atoms with E-state index >= 15 is 0 Å². The van der Waals surface area contributed by atoms with Crippen molar-refractivity contribution in [1.82, 2.24) is 0 Å². The van der Waals surface area contributed by atoms with E-state index in [1.807, 2.05) is 0 Å². The van der Waals surface area contributed by atoms with Gasteiger partial charge in [0.15, 0.2) is 6.29 Å². The number of aliphatic carboxylic acids is 1. The van der Waals surface area contributed by atoms with Gasteiger partial charge in [0.25, 0.3) is 0 Å². The molecule has 5 heteroatoms. The second-order valence-corrected chi connectivity index (χ2v) is 3.22. The molecule has 0 aliphatic rings. The highest BCUT2D eigenvalue weighted by molar-refractivity contribution is 6.34. The number of rotatable bonds is 4. The predicted molar refractivity (Wildman–Crippen MR) is 54.7 cm³/mol. The maximum atomic E-state index is 10.6. The van der Waals surface area contributed by atoms with Gasteiger partial charge in [-0.05, 0) is 12.1 Å². The Morgan fingerprint density at radius 2 is 2.27 bits per heavy atom. The van der Waals surface area contributed by atoms with Gasteiger partial charge < -0.3 is 9.84 Å². The standard InChI is InChI=1S/C10H9ClO4/c1-15-8-3-2-6(5-12)10(11)7(8)4-9(13)14/h2-3,5H,4H2,1H3,(H,13,14). The SMILES string of the molecule is COc1ccc(C=O)c(Cl)c1CC(=O)O. The average Bonchev–Trinajstić information content (AvgIpc) is 2.20. The lowest BCUT2D eigenvalue weighted by Crippen LogP contribution is -2.04. The summed E-state index contributed by atoms with van der Waals surface area (Å²) in [6, 6.07) is 3.01. The number of ether oxygens (including phenoxy) is 1. The Bertz CT molecular complexity index is 401. The Kier molecular flexibility index (Phi) is 3.68. The van der Waals surface area contributed by atoms with Crippen LogP contribution in [0.15, 0.2) is 12.1 Å². The van der Waals surface area contributed by atoms with Crippen LogP contribution in [0.2, 0.25) is 5.02 Å². The zero-order chi connectivity index (χ0) is 11.4. The minimum absolute atomic E-state index is 0.131. The lowest BCUT2D eigenvalue weighted by molar-refractivity contribution is -0.136. The van der Waals surface area contributed by atoms with Crippen molar-refractivity contribution in [1.29, 1.82) is 0 Å². The number of methoxy groups -OCH3 is 1. The first kappa shape index (κ1) is 11.5. The highest BCUT2D eigenvalue weighted by atomic mass is 35.5. The van der Waals surface area contributed by atoms with Gasteiger partial charge in [0.05, 0.1) is 18.6 Å². The first-order chi connectivity index (χ1) is 7.10. The van der Waals surface area contributed by atoms with Crippen molar-refractivity contribution in [2.75, 3.05) is 7.11 Å². The summed E-state index contributed by atoms with van der Waals surface area (Å²) in [5.41, 5.74) is 0.574. The zero-order valence-electron chi connectivity index (χ0n) is 7.99. The molecule has 0 heterocycles. The van der Waals surface area contributed by atoms with E-state index in [1.165, 1.54) is 19.2 Å². The number of benzene rings is 1. The van der Waals surface area contributed by atoms with Crippen molar-refractivity contribution in [2.45, 2.75) is 6.42 Å². The molecule has 1 aromatic carbocycles. The van der Waals surface area contributed by atoms with Crippen LogP contribution >= 0.6 is 11.6 Å². The van der Waals surface area contributed by atoms with Gasteiger partial charge in [-0.3, -0.25) is 9.59 Å². The summed E-state index contributed by atoms with van der Waals surface area (Å²) in [4.78, 5) is 21.2. The van der Waals surface area contributed by atoms with Crippen LogP contribution in [0.1, 0.15) is 15.9 Å². The lowest BCUT2D eigenvalue weighted by atomic mass is 10.1. The fraction of sp³-hybridized carbons (Fsp3) is 0.200. The molecule has 80 valence electrons. The van der Waals surface area contributed by atoms with E-state index < -0.39 is 5.97 Å². The van der Waals surface area contributed by atoms with E-state index in [-0.39, 0.29) is 17.0 Å². The van der Waals surface area contributed by atoms with Crippen LogP contribution in [0, 0.1) is 0 Å². The van der Waals surface area contributed by atoms with Gasteiger partial charge in [-0.25, -0.2) is 0 Å². The van der Waals surface area contributed by atoms with Gasteiger partial charge in [0, 0.05) is 11.1 Å². The van der Waals surface area contributed by atoms with E-state index in [9.17, 15) is 9.59 Å². The molecule has 0 atom stereocenters. The monoisotopic (exact) mass is 228 g/mol. The minimum Gasteiger partial charge on any atom is -0.496 e. The second-order valence-electron chi connectivity index (χ2n) is 2.84. The van der Waals surface area contributed by atoms with Crippen LogP contribution in [-0.2, 0) is 11.2 Å². The molecule has 15 heavy (non-hydrogen) atoms. The van der Waals surface area contributed by atoms with Crippen LogP contribution < -0.4 is 4.74 Å². The summed E-state index contributed by atoms with van der Waals surface area (Å²) in [6.07, 6.45) is 0.302. The van der Waals surface area contributed by atoms with Gasteiger partial charge >= 0.3 is 5.97 Å². The third-order valence-corrected chi connectivity index (χ3v) is 2.35. The molecule has 0 saturated carbocycles. The highest BCUT2D eigenvalue weighted by Gasteiger charge is 2.14. The third kappa shape index (κ3) is 2.47. The molecule has 0 unspecified atom stereocenters. The molecule has 0 bridgehead atoms. The summed E-state index contributed by atoms with van der Waals surface area (Å²) in [5.74, 6) is -0.661. The molecule has 0 fully saturated rings. The molecule has 0 amide bonds. The number of halogens is 1. The number of hydrogen-bond donors (Lipinski definition) is 1. The fourth-order valence-corrected chi connectivity index (χ4v) is 1.49. The Balaban J connectivity index is 3.28. The molecular weight excluding hydrogens is 220 g/mol. The summed E-state index contributed by atoms with van der Waals surface area (Å²) >= 11 is 5.86. The molecule has 0 saturated heterocycles. The Morgan fingerprint density at radius 1 is 1.60 bits per heavy atom. The van der Waals surface area contributed by atoms with E-state index in [0.29, 0.717) is 17.6 Å². The zero-order valence-corrected chi connectivity index (χ0v) is 8.75. The molecule has 4 nitrogen and oxygen atoms in total. The Morgan fingerprint density at radius 3 is 2.73 bits per heavy atom. The van der Waals surface area contributed by atoms with Crippen LogP contribution in [-0.4, -0.2) is 24.5 Å². The number of aldehydes is 1. The smallest absolute Gasteiger partial charge is 0.308 e. The topological polar surface area (TPSA) is 63.6 Å². The van der Waals surface area contributed by atoms with Gasteiger partial charge in [-0.15, -0.1) is 0 Å². The highest BCUT2D eigenvalue weighted by Crippen LogP contribution is 2.29. The van der Waals surface area contributed by atoms with Crippen LogP contribution in [0.3, 0.4) is 0 Å². The summed E-state index contributed by atoms with van der Waals surface area (Å²) in [7, 11) is 1.41. The quantitative estimate of drug-likeness (QED) is 0.798. The second kappa shape index (κ2) is 4.79. The van der Waals surface area contributed by atoms with Crippen molar-refractivity contribution >= 4 is 23.9 Å². The normalized spacial score (nSPS) is 9.73. The van der Waals surface area contributed by atoms with Crippen molar-refractivity contribution in [3.8, 4) is 5.75 Å². The maximum Gasteiger partial charge on any atom is 0.308 e. The maximum absolute atomic E-state index is 10.6. The Hall–Kier alpha value is -1.55. The van der Waals surface area contributed by atoms with Gasteiger partial charge in [0.1, 0.15) is 5.75 Å². The molecular formula is C10H9ClO4. The number of carboxylic acid groups (broad SMARTS) is 1. The lowest BCUT2D eigenvalue weighted by Gasteiger charge is -2.09. The molecule has 0 aromatic heterocycles. The molecule has 0 spiro atoms.